The molecule has 0 aliphatic heterocycles. The molecule has 0 unspecified atom stereocenters. The van der Waals surface area contributed by atoms with Gasteiger partial charge in [-0.05, 0) is 49.4 Å². The average Bonchev–Trinajstić information content (AvgIpc) is 3.24. The van der Waals surface area contributed by atoms with Crippen molar-refractivity contribution < 1.29 is 22.5 Å². The first-order chi connectivity index (χ1) is 14.0. The van der Waals surface area contributed by atoms with Gasteiger partial charge in [0.1, 0.15) is 20.5 Å². The molecule has 158 valence electrons. The number of nitrogens with two attached hydrogens (primary N) is 1. The highest BCUT2D eigenvalue weighted by Gasteiger charge is 2.27. The lowest BCUT2D eigenvalue weighted by Gasteiger charge is -2.13. The number of thiophene rings is 1. The third-order valence-corrected chi connectivity index (χ3v) is 6.98. The van der Waals surface area contributed by atoms with Crippen LogP contribution in [0.4, 0.5) is 11.6 Å². The maximum atomic E-state index is 12.9. The fourth-order valence-electron chi connectivity index (χ4n) is 2.85. The first-order valence-electron chi connectivity index (χ1n) is 8.45. The van der Waals surface area contributed by atoms with Crippen LogP contribution in [-0.4, -0.2) is 25.4 Å². The van der Waals surface area contributed by atoms with Crippen molar-refractivity contribution in [3.05, 3.63) is 55.9 Å². The summed E-state index contributed by atoms with van der Waals surface area (Å²) in [6, 6.07) is 4.61. The van der Waals surface area contributed by atoms with Gasteiger partial charge in [0.25, 0.3) is 27.7 Å². The lowest BCUT2D eigenvalue weighted by molar-refractivity contribution is 0.100. The number of primary amides is 1. The SMILES string of the molecule is Cc1cc(C)c(C(N)=O)c(NC(=O)c2sccc2S(=O)(=O)Nc2onc(C)c2Cl)c1. The summed E-state index contributed by atoms with van der Waals surface area (Å²) < 4.78 is 32.6. The number of carbonyl (C=O) groups excluding carboxylic acids is 2. The Morgan fingerprint density at radius 2 is 1.93 bits per heavy atom. The number of carbonyl (C=O) groups is 2. The second-order valence-electron chi connectivity index (χ2n) is 6.45. The second-order valence-corrected chi connectivity index (χ2v) is 9.40. The van der Waals surface area contributed by atoms with Crippen LogP contribution in [-0.2, 0) is 10.0 Å². The van der Waals surface area contributed by atoms with Crippen LogP contribution in [0.1, 0.15) is 36.9 Å². The molecule has 0 fully saturated rings. The number of sulfonamides is 1. The molecule has 2 heterocycles. The van der Waals surface area contributed by atoms with Gasteiger partial charge in [-0.15, -0.1) is 11.3 Å². The molecular weight excluding hydrogens is 452 g/mol. The number of hydrogen-bond acceptors (Lipinski definition) is 7. The molecule has 3 aromatic rings. The van der Waals surface area contributed by atoms with Crippen molar-refractivity contribution >= 4 is 56.3 Å². The third-order valence-electron chi connectivity index (χ3n) is 4.12. The van der Waals surface area contributed by atoms with Crippen LogP contribution in [0.2, 0.25) is 5.02 Å². The van der Waals surface area contributed by atoms with Gasteiger partial charge in [0, 0.05) is 0 Å². The monoisotopic (exact) mass is 468 g/mol. The molecule has 0 saturated carbocycles. The number of aryl methyl sites for hydroxylation is 3. The van der Waals surface area contributed by atoms with E-state index in [0.29, 0.717) is 11.3 Å². The Labute approximate surface area is 181 Å². The Morgan fingerprint density at radius 3 is 2.53 bits per heavy atom. The number of halogens is 1. The molecule has 0 spiro atoms. The van der Waals surface area contributed by atoms with E-state index in [1.165, 1.54) is 11.4 Å². The van der Waals surface area contributed by atoms with E-state index in [1.54, 1.807) is 32.9 Å². The fraction of sp³-hybridized carbons (Fsp3) is 0.167. The fourth-order valence-corrected chi connectivity index (χ4v) is 5.34. The largest absolute Gasteiger partial charge is 0.366 e. The summed E-state index contributed by atoms with van der Waals surface area (Å²) in [6.07, 6.45) is 0. The molecule has 0 radical (unpaired) electrons. The van der Waals surface area contributed by atoms with E-state index in [9.17, 15) is 18.0 Å². The third kappa shape index (κ3) is 4.18. The standard InChI is InChI=1S/C18H17ClN4O5S2/c1-8-6-9(2)13(16(20)24)11(7-8)21-17(25)15-12(4-5-29-15)30(26,27)23-18-14(19)10(3)22-28-18/h4-7,23H,1-3H3,(H2,20,24)(H,21,25). The van der Waals surface area contributed by atoms with Crippen molar-refractivity contribution in [2.24, 2.45) is 5.73 Å². The van der Waals surface area contributed by atoms with Gasteiger partial charge < -0.3 is 15.6 Å². The number of benzene rings is 1. The van der Waals surface area contributed by atoms with Crippen molar-refractivity contribution in [3.8, 4) is 0 Å². The van der Waals surface area contributed by atoms with E-state index in [0.717, 1.165) is 16.9 Å². The van der Waals surface area contributed by atoms with E-state index in [1.807, 2.05) is 0 Å². The van der Waals surface area contributed by atoms with Crippen LogP contribution >= 0.6 is 22.9 Å². The lowest BCUT2D eigenvalue weighted by Crippen LogP contribution is -2.21. The minimum absolute atomic E-state index is 0.0149. The van der Waals surface area contributed by atoms with Crippen molar-refractivity contribution in [1.82, 2.24) is 5.16 Å². The van der Waals surface area contributed by atoms with E-state index >= 15 is 0 Å². The zero-order valence-corrected chi connectivity index (χ0v) is 18.5. The molecule has 2 aromatic heterocycles. The van der Waals surface area contributed by atoms with E-state index < -0.39 is 21.8 Å². The molecule has 0 bridgehead atoms. The first-order valence-corrected chi connectivity index (χ1v) is 11.2. The van der Waals surface area contributed by atoms with Gasteiger partial charge >= 0.3 is 0 Å². The molecule has 30 heavy (non-hydrogen) atoms. The van der Waals surface area contributed by atoms with E-state index in [4.69, 9.17) is 21.9 Å². The highest BCUT2D eigenvalue weighted by Crippen LogP contribution is 2.30. The average molecular weight is 469 g/mol. The van der Waals surface area contributed by atoms with Gasteiger partial charge in [-0.2, -0.15) is 0 Å². The first kappa shape index (κ1) is 21.8. The Hall–Kier alpha value is -2.89. The Morgan fingerprint density at radius 1 is 1.23 bits per heavy atom. The summed E-state index contributed by atoms with van der Waals surface area (Å²) in [5.74, 6) is -1.67. The molecule has 1 aromatic carbocycles. The van der Waals surface area contributed by atoms with Gasteiger partial charge in [0.05, 0.1) is 11.3 Å². The van der Waals surface area contributed by atoms with Gasteiger partial charge in [-0.3, -0.25) is 9.59 Å². The van der Waals surface area contributed by atoms with Crippen molar-refractivity contribution in [3.63, 3.8) is 0 Å². The molecule has 9 nitrogen and oxygen atoms in total. The summed E-state index contributed by atoms with van der Waals surface area (Å²) in [7, 11) is -4.20. The zero-order valence-electron chi connectivity index (χ0n) is 16.1. The number of anilines is 2. The molecule has 0 atom stereocenters. The van der Waals surface area contributed by atoms with Gasteiger partial charge in [0.2, 0.25) is 0 Å². The molecule has 3 rings (SSSR count). The number of nitrogens with zero attached hydrogens (tertiary/aromatic N) is 1. The highest BCUT2D eigenvalue weighted by molar-refractivity contribution is 7.93. The summed E-state index contributed by atoms with van der Waals surface area (Å²) in [5.41, 5.74) is 7.48. The van der Waals surface area contributed by atoms with Gasteiger partial charge in [-0.25, -0.2) is 13.1 Å². The van der Waals surface area contributed by atoms with Crippen LogP contribution in [0.15, 0.2) is 33.0 Å². The van der Waals surface area contributed by atoms with Gasteiger partial charge in [-0.1, -0.05) is 22.8 Å². The normalized spacial score (nSPS) is 11.3. The van der Waals surface area contributed by atoms with E-state index in [2.05, 4.69) is 15.2 Å². The molecule has 12 heteroatoms. The topological polar surface area (TPSA) is 144 Å². The number of nitrogens with one attached hydrogen (secondary N) is 2. The minimum atomic E-state index is -4.20. The number of rotatable bonds is 6. The zero-order chi connectivity index (χ0) is 22.2. The van der Waals surface area contributed by atoms with Crippen LogP contribution in [0, 0.1) is 20.8 Å². The summed E-state index contributed by atoms with van der Waals surface area (Å²) in [5, 5.41) is 7.63. The summed E-state index contributed by atoms with van der Waals surface area (Å²) in [6.45, 7) is 5.03. The lowest BCUT2D eigenvalue weighted by atomic mass is 10.0. The second kappa shape index (κ2) is 8.09. The minimum Gasteiger partial charge on any atom is -0.366 e. The molecule has 2 amide bonds. The number of hydrogen-bond donors (Lipinski definition) is 3. The summed E-state index contributed by atoms with van der Waals surface area (Å²) in [4.78, 5) is 24.3. The molecule has 0 aliphatic rings. The van der Waals surface area contributed by atoms with Crippen LogP contribution < -0.4 is 15.8 Å². The maximum absolute atomic E-state index is 12.9. The smallest absolute Gasteiger partial charge is 0.267 e. The Kier molecular flexibility index (Phi) is 5.88. The van der Waals surface area contributed by atoms with Gasteiger partial charge in [0.15, 0.2) is 0 Å². The number of amides is 2. The number of aromatic nitrogens is 1. The Bertz CT molecular complexity index is 1260. The van der Waals surface area contributed by atoms with Crippen LogP contribution in [0.5, 0.6) is 0 Å². The van der Waals surface area contributed by atoms with Crippen molar-refractivity contribution in [1.29, 1.82) is 0 Å². The molecule has 4 N–H and O–H groups in total. The maximum Gasteiger partial charge on any atom is 0.267 e. The van der Waals surface area contributed by atoms with Crippen molar-refractivity contribution in [2.45, 2.75) is 25.7 Å². The predicted molar refractivity (Wildman–Crippen MR) is 114 cm³/mol. The summed E-state index contributed by atoms with van der Waals surface area (Å²) >= 11 is 6.88. The molecule has 0 saturated heterocycles. The van der Waals surface area contributed by atoms with E-state index in [-0.39, 0.29) is 31.9 Å². The highest BCUT2D eigenvalue weighted by atomic mass is 35.5. The van der Waals surface area contributed by atoms with Crippen LogP contribution in [0.3, 0.4) is 0 Å². The predicted octanol–water partition coefficient (Wildman–Crippen LogP) is 3.47. The molecule has 0 aliphatic carbocycles. The molecular formula is C18H17ClN4O5S2. The van der Waals surface area contributed by atoms with Crippen LogP contribution in [0.25, 0.3) is 0 Å². The quantitative estimate of drug-likeness (QED) is 0.505. The van der Waals surface area contributed by atoms with Crippen molar-refractivity contribution in [2.75, 3.05) is 10.0 Å². The Balaban J connectivity index is 1.95.